The van der Waals surface area contributed by atoms with Crippen LogP contribution in [0.25, 0.3) is 27.9 Å². The minimum atomic E-state index is -4.46. The van der Waals surface area contributed by atoms with Crippen molar-refractivity contribution in [2.24, 2.45) is 0 Å². The van der Waals surface area contributed by atoms with Gasteiger partial charge in [-0.1, -0.05) is 0 Å². The minimum Gasteiger partial charge on any atom is -0.379 e. The molecule has 0 atom stereocenters. The van der Waals surface area contributed by atoms with Crippen LogP contribution >= 0.6 is 11.3 Å². The van der Waals surface area contributed by atoms with Crippen LogP contribution < -0.4 is 10.6 Å². The number of pyridine rings is 1. The largest absolute Gasteiger partial charge is 0.405 e. The van der Waals surface area contributed by atoms with Gasteiger partial charge in [0.1, 0.15) is 12.4 Å². The molecule has 5 heterocycles. The number of ether oxygens (including phenoxy) is 1. The number of alkyl halides is 3. The van der Waals surface area contributed by atoms with E-state index in [1.165, 1.54) is 6.07 Å². The van der Waals surface area contributed by atoms with E-state index >= 15 is 0 Å². The van der Waals surface area contributed by atoms with E-state index in [4.69, 9.17) is 4.74 Å². The zero-order valence-electron chi connectivity index (χ0n) is 19.7. The number of fused-ring (bicyclic) bond motifs is 1. The second-order valence-electron chi connectivity index (χ2n) is 8.48. The molecule has 0 unspecified atom stereocenters. The summed E-state index contributed by atoms with van der Waals surface area (Å²) in [5.74, 6) is 0.0202. The first-order chi connectivity index (χ1) is 17.9. The van der Waals surface area contributed by atoms with Crippen LogP contribution in [-0.4, -0.2) is 82.5 Å². The lowest BCUT2D eigenvalue weighted by Gasteiger charge is -2.26. The molecule has 194 valence electrons. The molecule has 4 aromatic rings. The number of hydrogen-bond donors (Lipinski definition) is 2. The molecule has 0 bridgehead atoms. The number of aromatic nitrogens is 4. The molecule has 37 heavy (non-hydrogen) atoms. The number of amides is 1. The van der Waals surface area contributed by atoms with E-state index in [2.05, 4.69) is 25.3 Å². The molecule has 4 aromatic heterocycles. The van der Waals surface area contributed by atoms with Gasteiger partial charge in [0.15, 0.2) is 5.65 Å². The SMILES string of the molecule is O=C(NCC(F)(F)F)c1cc(-c2cnn3cc(-c4ccc(NCCN5CCOCC5)nc4)cnc23)cs1. The normalized spacial score (nSPS) is 14.7. The molecule has 0 radical (unpaired) electrons. The number of nitrogens with one attached hydrogen (secondary N) is 2. The fourth-order valence-corrected chi connectivity index (χ4v) is 4.75. The van der Waals surface area contributed by atoms with Crippen LogP contribution in [0.5, 0.6) is 0 Å². The van der Waals surface area contributed by atoms with Gasteiger partial charge in [-0.05, 0) is 29.1 Å². The number of carbonyl (C=O) groups is 1. The fraction of sp³-hybridized carbons (Fsp3) is 0.333. The Balaban J connectivity index is 1.24. The van der Waals surface area contributed by atoms with E-state index < -0.39 is 18.6 Å². The van der Waals surface area contributed by atoms with Crippen molar-refractivity contribution in [3.63, 3.8) is 0 Å². The van der Waals surface area contributed by atoms with Gasteiger partial charge in [0, 0.05) is 61.5 Å². The van der Waals surface area contributed by atoms with Gasteiger partial charge in [-0.3, -0.25) is 9.69 Å². The summed E-state index contributed by atoms with van der Waals surface area (Å²) in [6.07, 6.45) is 2.47. The first kappa shape index (κ1) is 25.1. The summed E-state index contributed by atoms with van der Waals surface area (Å²) in [6, 6.07) is 5.42. The Hall–Kier alpha value is -3.55. The molecule has 1 amide bonds. The van der Waals surface area contributed by atoms with Crippen LogP contribution in [0.4, 0.5) is 19.0 Å². The summed E-state index contributed by atoms with van der Waals surface area (Å²) >= 11 is 1.06. The van der Waals surface area contributed by atoms with Crippen LogP contribution in [0.2, 0.25) is 0 Å². The molecule has 2 N–H and O–H groups in total. The van der Waals surface area contributed by atoms with E-state index in [9.17, 15) is 18.0 Å². The van der Waals surface area contributed by atoms with Crippen molar-refractivity contribution >= 4 is 28.7 Å². The molecule has 5 rings (SSSR count). The van der Waals surface area contributed by atoms with Gasteiger partial charge < -0.3 is 15.4 Å². The van der Waals surface area contributed by atoms with Crippen molar-refractivity contribution in [3.8, 4) is 22.3 Å². The van der Waals surface area contributed by atoms with Gasteiger partial charge in [-0.2, -0.15) is 18.3 Å². The molecule has 1 fully saturated rings. The maximum absolute atomic E-state index is 12.4. The zero-order valence-corrected chi connectivity index (χ0v) is 20.5. The van der Waals surface area contributed by atoms with Crippen LogP contribution in [0.1, 0.15) is 9.67 Å². The number of morpholine rings is 1. The van der Waals surface area contributed by atoms with Crippen LogP contribution in [0, 0.1) is 0 Å². The standard InChI is InChI=1S/C24H24F3N7O2S/c25-24(26,27)15-31-23(35)20-9-17(14-37-20)19-12-32-34-13-18(11-30-22(19)34)16-1-2-21(29-10-16)28-3-4-33-5-7-36-8-6-33/h1-2,9-14H,3-8,15H2,(H,28,29)(H,31,35). The highest BCUT2D eigenvalue weighted by Crippen LogP contribution is 2.29. The predicted octanol–water partition coefficient (Wildman–Crippen LogP) is 3.56. The average Bonchev–Trinajstić information content (AvgIpc) is 3.55. The molecule has 0 aromatic carbocycles. The number of rotatable bonds is 8. The van der Waals surface area contributed by atoms with Crippen LogP contribution in [-0.2, 0) is 4.74 Å². The van der Waals surface area contributed by atoms with Crippen molar-refractivity contribution in [2.75, 3.05) is 51.3 Å². The molecule has 1 aliphatic heterocycles. The van der Waals surface area contributed by atoms with Gasteiger partial charge >= 0.3 is 6.18 Å². The smallest absolute Gasteiger partial charge is 0.379 e. The predicted molar refractivity (Wildman–Crippen MR) is 134 cm³/mol. The number of anilines is 1. The maximum atomic E-state index is 12.4. The lowest BCUT2D eigenvalue weighted by molar-refractivity contribution is -0.123. The Morgan fingerprint density at radius 2 is 1.89 bits per heavy atom. The van der Waals surface area contributed by atoms with Crippen LogP contribution in [0.15, 0.2) is 48.4 Å². The third-order valence-corrected chi connectivity index (χ3v) is 6.80. The van der Waals surface area contributed by atoms with Crippen molar-refractivity contribution in [1.82, 2.24) is 29.8 Å². The van der Waals surface area contributed by atoms with Gasteiger partial charge in [-0.25, -0.2) is 14.5 Å². The van der Waals surface area contributed by atoms with E-state index in [1.54, 1.807) is 28.5 Å². The molecular weight excluding hydrogens is 507 g/mol. The maximum Gasteiger partial charge on any atom is 0.405 e. The highest BCUT2D eigenvalue weighted by atomic mass is 32.1. The van der Waals surface area contributed by atoms with E-state index in [1.807, 2.05) is 23.6 Å². The Morgan fingerprint density at radius 3 is 2.65 bits per heavy atom. The van der Waals surface area contributed by atoms with E-state index in [0.717, 1.165) is 67.7 Å². The van der Waals surface area contributed by atoms with Gasteiger partial charge in [0.05, 0.1) is 24.3 Å². The Bertz CT molecular complexity index is 1360. The quantitative estimate of drug-likeness (QED) is 0.359. The summed E-state index contributed by atoms with van der Waals surface area (Å²) in [5.41, 5.74) is 3.61. The summed E-state index contributed by atoms with van der Waals surface area (Å²) in [6.45, 7) is 3.80. The molecule has 1 aliphatic rings. The molecule has 0 saturated carbocycles. The lowest BCUT2D eigenvalue weighted by Crippen LogP contribution is -2.39. The second kappa shape index (κ2) is 10.8. The highest BCUT2D eigenvalue weighted by molar-refractivity contribution is 7.12. The average molecular weight is 532 g/mol. The molecule has 13 heteroatoms. The molecule has 0 aliphatic carbocycles. The monoisotopic (exact) mass is 531 g/mol. The first-order valence-electron chi connectivity index (χ1n) is 11.6. The summed E-state index contributed by atoms with van der Waals surface area (Å²) in [7, 11) is 0. The van der Waals surface area contributed by atoms with Crippen LogP contribution in [0.3, 0.4) is 0 Å². The Morgan fingerprint density at radius 1 is 1.08 bits per heavy atom. The molecule has 0 spiro atoms. The third kappa shape index (κ3) is 6.24. The number of nitrogens with zero attached hydrogens (tertiary/aromatic N) is 5. The van der Waals surface area contributed by atoms with E-state index in [0.29, 0.717) is 16.8 Å². The highest BCUT2D eigenvalue weighted by Gasteiger charge is 2.28. The van der Waals surface area contributed by atoms with Gasteiger partial charge in [-0.15, -0.1) is 11.3 Å². The van der Waals surface area contributed by atoms with Crippen molar-refractivity contribution in [2.45, 2.75) is 6.18 Å². The van der Waals surface area contributed by atoms with Gasteiger partial charge in [0.2, 0.25) is 0 Å². The lowest BCUT2D eigenvalue weighted by atomic mass is 10.1. The molecule has 1 saturated heterocycles. The third-order valence-electron chi connectivity index (χ3n) is 5.87. The Kier molecular flexibility index (Phi) is 7.35. The van der Waals surface area contributed by atoms with Crippen molar-refractivity contribution < 1.29 is 22.7 Å². The topological polar surface area (TPSA) is 96.7 Å². The number of hydrogen-bond acceptors (Lipinski definition) is 8. The van der Waals surface area contributed by atoms with E-state index in [-0.39, 0.29) is 4.88 Å². The zero-order chi connectivity index (χ0) is 25.8. The number of halogens is 3. The van der Waals surface area contributed by atoms with Gasteiger partial charge in [0.25, 0.3) is 5.91 Å². The minimum absolute atomic E-state index is 0.180. The molecular formula is C24H24F3N7O2S. The summed E-state index contributed by atoms with van der Waals surface area (Å²) in [4.78, 5) is 23.6. The van der Waals surface area contributed by atoms with Crippen molar-refractivity contribution in [3.05, 3.63) is 53.2 Å². The first-order valence-corrected chi connectivity index (χ1v) is 12.5. The molecule has 9 nitrogen and oxygen atoms in total. The fourth-order valence-electron chi connectivity index (χ4n) is 3.93. The number of thiophene rings is 1. The second-order valence-corrected chi connectivity index (χ2v) is 9.39. The number of carbonyl (C=O) groups excluding carboxylic acids is 1. The summed E-state index contributed by atoms with van der Waals surface area (Å²) in [5, 5.41) is 11.3. The Labute approximate surface area is 214 Å². The van der Waals surface area contributed by atoms with Crippen molar-refractivity contribution in [1.29, 1.82) is 0 Å². The summed E-state index contributed by atoms with van der Waals surface area (Å²) < 4.78 is 44.1.